The number of benzene rings is 2. The second-order valence-electron chi connectivity index (χ2n) is 8.20. The molecule has 4 heterocycles. The quantitative estimate of drug-likeness (QED) is 0.455. The van der Waals surface area contributed by atoms with Crippen LogP contribution >= 0.6 is 47.0 Å². The van der Waals surface area contributed by atoms with Crippen molar-refractivity contribution in [3.63, 3.8) is 0 Å². The van der Waals surface area contributed by atoms with Gasteiger partial charge in [-0.2, -0.15) is 0 Å². The molecule has 2 aromatic rings. The molecule has 34 heavy (non-hydrogen) atoms. The summed E-state index contributed by atoms with van der Waals surface area (Å²) >= 11 is 6.40. The number of hydrogen-bond donors (Lipinski definition) is 0. The van der Waals surface area contributed by atoms with Crippen LogP contribution in [0.25, 0.3) is 0 Å². The van der Waals surface area contributed by atoms with E-state index in [2.05, 4.69) is 0 Å². The van der Waals surface area contributed by atoms with Gasteiger partial charge in [0.05, 0.1) is 30.7 Å². The predicted octanol–water partition coefficient (Wildman–Crippen LogP) is 5.92. The number of imide groups is 2. The lowest BCUT2D eigenvalue weighted by molar-refractivity contribution is 0.0639. The van der Waals surface area contributed by atoms with Crippen molar-refractivity contribution in [2.24, 2.45) is 0 Å². The minimum atomic E-state index is -0.214. The summed E-state index contributed by atoms with van der Waals surface area (Å²) in [6, 6.07) is 7.38. The topological polar surface area (TPSA) is 74.8 Å². The average molecular weight is 527 g/mol. The lowest BCUT2D eigenvalue weighted by Crippen LogP contribution is -2.30. The summed E-state index contributed by atoms with van der Waals surface area (Å²) in [7, 11) is 0. The number of rotatable bonds is 4. The first kappa shape index (κ1) is 22.3. The van der Waals surface area contributed by atoms with Gasteiger partial charge in [-0.25, -0.2) is 0 Å². The van der Waals surface area contributed by atoms with Crippen LogP contribution in [0.4, 0.5) is 0 Å². The van der Waals surface area contributed by atoms with Gasteiger partial charge in [0, 0.05) is 32.7 Å². The van der Waals surface area contributed by atoms with Crippen molar-refractivity contribution in [2.45, 2.75) is 46.3 Å². The molecule has 0 bridgehead atoms. The van der Waals surface area contributed by atoms with Crippen molar-refractivity contribution in [1.29, 1.82) is 0 Å². The van der Waals surface area contributed by atoms with Crippen LogP contribution in [0, 0.1) is 0 Å². The number of fused-ring (bicyclic) bond motifs is 4. The van der Waals surface area contributed by atoms with E-state index in [1.807, 2.05) is 38.1 Å². The molecule has 172 valence electrons. The molecule has 0 N–H and O–H groups in total. The molecule has 4 amide bonds. The molecule has 0 spiro atoms. The highest BCUT2D eigenvalue weighted by Gasteiger charge is 2.39. The zero-order valence-corrected chi connectivity index (χ0v) is 21.6. The summed E-state index contributed by atoms with van der Waals surface area (Å²) < 4.78 is 2.17. The maximum atomic E-state index is 12.7. The van der Waals surface area contributed by atoms with Crippen molar-refractivity contribution in [3.05, 3.63) is 55.0 Å². The number of carbonyl (C=O) groups excluding carboxylic acids is 4. The fraction of sp³-hybridized carbons (Fsp3) is 0.250. The van der Waals surface area contributed by atoms with Gasteiger partial charge in [-0.3, -0.25) is 29.0 Å². The summed E-state index contributed by atoms with van der Waals surface area (Å²) in [6.45, 7) is 4.77. The molecule has 4 aliphatic heterocycles. The number of hydrogen-bond acceptors (Lipinski definition) is 8. The Labute approximate surface area is 213 Å². The average Bonchev–Trinajstić information content (AvgIpc) is 3.54. The molecule has 0 aliphatic carbocycles. The van der Waals surface area contributed by atoms with Crippen LogP contribution in [0.5, 0.6) is 0 Å². The summed E-state index contributed by atoms with van der Waals surface area (Å²) in [5, 5.41) is 0. The maximum Gasteiger partial charge on any atom is 0.261 e. The Bertz CT molecular complexity index is 1190. The van der Waals surface area contributed by atoms with Crippen molar-refractivity contribution >= 4 is 70.7 Å². The molecule has 0 aromatic heterocycles. The van der Waals surface area contributed by atoms with E-state index in [0.717, 1.165) is 40.9 Å². The zero-order valence-electron chi connectivity index (χ0n) is 18.3. The monoisotopic (exact) mass is 526 g/mol. The van der Waals surface area contributed by atoms with Gasteiger partial charge in [0.25, 0.3) is 23.6 Å². The normalized spacial score (nSPS) is 18.3. The number of thioether (sulfide) groups is 4. The highest BCUT2D eigenvalue weighted by molar-refractivity contribution is 8.30. The van der Waals surface area contributed by atoms with Crippen LogP contribution < -0.4 is 0 Å². The zero-order chi connectivity index (χ0) is 23.7. The summed E-state index contributed by atoms with van der Waals surface area (Å²) in [4.78, 5) is 57.4. The van der Waals surface area contributed by atoms with Gasteiger partial charge in [0.15, 0.2) is 0 Å². The smallest absolute Gasteiger partial charge is 0.261 e. The van der Waals surface area contributed by atoms with Crippen molar-refractivity contribution < 1.29 is 19.2 Å². The molecule has 10 heteroatoms. The largest absolute Gasteiger partial charge is 0.274 e. The summed E-state index contributed by atoms with van der Waals surface area (Å²) in [5.74, 6) is -0.854. The molecule has 0 radical (unpaired) electrons. The molecular weight excluding hydrogens is 509 g/mol. The van der Waals surface area contributed by atoms with Gasteiger partial charge >= 0.3 is 0 Å². The molecular formula is C24H18N2O4S4. The highest BCUT2D eigenvalue weighted by atomic mass is 32.2. The first-order valence-corrected chi connectivity index (χ1v) is 14.2. The molecule has 0 fully saturated rings. The van der Waals surface area contributed by atoms with Crippen LogP contribution in [0.15, 0.2) is 52.3 Å². The first-order valence-electron chi connectivity index (χ1n) is 10.9. The molecule has 4 aliphatic rings. The molecule has 2 aromatic carbocycles. The standard InChI is InChI=1S/C24H18N2O4S4/c1-3-5-25-19(27)11-7-15-16(8-12(11)20(25)28)32-23(31-15)24-33-17-9-13-14(10-18(17)34-24)22(30)26(6-4-2)21(13)29/h7-10H,3-6H2,1-2H3. The molecule has 0 atom stereocenters. The lowest BCUT2D eigenvalue weighted by Gasteiger charge is -2.11. The van der Waals surface area contributed by atoms with E-state index in [0.29, 0.717) is 35.3 Å². The maximum absolute atomic E-state index is 12.7. The number of amides is 4. The number of carbonyl (C=O) groups is 4. The van der Waals surface area contributed by atoms with Gasteiger partial charge in [0.1, 0.15) is 0 Å². The third kappa shape index (κ3) is 3.22. The fourth-order valence-corrected chi connectivity index (χ4v) is 9.76. The summed E-state index contributed by atoms with van der Waals surface area (Å²) in [6.07, 6.45) is 1.47. The molecule has 6 rings (SSSR count). The van der Waals surface area contributed by atoms with E-state index in [1.54, 1.807) is 47.0 Å². The SMILES string of the molecule is CCCN1C(=O)c2cc3c(cc2C1=O)SC(=C1Sc2cc4c(cc2S1)C(=O)N(CCC)C4=O)S3. The van der Waals surface area contributed by atoms with E-state index >= 15 is 0 Å². The molecule has 0 unspecified atom stereocenters. The Kier molecular flexibility index (Phi) is 5.40. The molecule has 0 saturated carbocycles. The van der Waals surface area contributed by atoms with Crippen LogP contribution in [0.1, 0.15) is 68.1 Å². The van der Waals surface area contributed by atoms with E-state index in [-0.39, 0.29) is 23.6 Å². The van der Waals surface area contributed by atoms with Crippen LogP contribution in [0.2, 0.25) is 0 Å². The Morgan fingerprint density at radius 1 is 0.529 bits per heavy atom. The first-order chi connectivity index (χ1) is 16.4. The van der Waals surface area contributed by atoms with E-state index in [4.69, 9.17) is 0 Å². The third-order valence-corrected chi connectivity index (χ3v) is 11.5. The summed E-state index contributed by atoms with van der Waals surface area (Å²) in [5.41, 5.74) is 1.93. The fourth-order valence-electron chi connectivity index (χ4n) is 4.37. The van der Waals surface area contributed by atoms with Gasteiger partial charge in [0.2, 0.25) is 0 Å². The van der Waals surface area contributed by atoms with Gasteiger partial charge in [-0.05, 0) is 37.1 Å². The van der Waals surface area contributed by atoms with Gasteiger partial charge < -0.3 is 0 Å². The van der Waals surface area contributed by atoms with E-state index in [9.17, 15) is 19.2 Å². The van der Waals surface area contributed by atoms with Gasteiger partial charge in [-0.1, -0.05) is 60.9 Å². The Morgan fingerprint density at radius 2 is 0.794 bits per heavy atom. The second kappa shape index (κ2) is 8.22. The lowest BCUT2D eigenvalue weighted by atomic mass is 10.1. The Balaban J connectivity index is 1.28. The van der Waals surface area contributed by atoms with Crippen molar-refractivity contribution in [3.8, 4) is 0 Å². The van der Waals surface area contributed by atoms with Crippen LogP contribution in [-0.2, 0) is 0 Å². The predicted molar refractivity (Wildman–Crippen MR) is 135 cm³/mol. The van der Waals surface area contributed by atoms with Gasteiger partial charge in [-0.15, -0.1) is 0 Å². The number of nitrogens with zero attached hydrogens (tertiary/aromatic N) is 2. The van der Waals surface area contributed by atoms with Crippen LogP contribution in [0.3, 0.4) is 0 Å². The van der Waals surface area contributed by atoms with E-state index in [1.165, 1.54) is 9.80 Å². The molecule has 0 saturated heterocycles. The molecule has 6 nitrogen and oxygen atoms in total. The Morgan fingerprint density at radius 3 is 1.03 bits per heavy atom. The third-order valence-electron chi connectivity index (χ3n) is 5.94. The Hall–Kier alpha value is -2.14. The minimum absolute atomic E-state index is 0.214. The van der Waals surface area contributed by atoms with Crippen LogP contribution in [-0.4, -0.2) is 46.5 Å². The van der Waals surface area contributed by atoms with Crippen molar-refractivity contribution in [2.75, 3.05) is 13.1 Å². The van der Waals surface area contributed by atoms with E-state index < -0.39 is 0 Å². The highest BCUT2D eigenvalue weighted by Crippen LogP contribution is 2.62. The minimum Gasteiger partial charge on any atom is -0.274 e. The second-order valence-corrected chi connectivity index (χ2v) is 12.9. The van der Waals surface area contributed by atoms with Crippen molar-refractivity contribution in [1.82, 2.24) is 9.80 Å².